The molecule has 2 aromatic rings. The molecule has 5 nitrogen and oxygen atoms in total. The van der Waals surface area contributed by atoms with Gasteiger partial charge in [0.25, 0.3) is 5.91 Å². The molecule has 0 radical (unpaired) electrons. The number of carbonyl (C=O) groups is 2. The minimum Gasteiger partial charge on any atom is -0.346 e. The highest BCUT2D eigenvalue weighted by Crippen LogP contribution is 2.34. The second-order valence-electron chi connectivity index (χ2n) is 6.77. The van der Waals surface area contributed by atoms with Gasteiger partial charge in [0.05, 0.1) is 31.9 Å². The fourth-order valence-corrected chi connectivity index (χ4v) is 3.72. The fraction of sp³-hybridized carbons (Fsp3) is 0.364. The molecule has 0 unspecified atom stereocenters. The topological polar surface area (TPSA) is 62.6 Å². The van der Waals surface area contributed by atoms with Crippen molar-refractivity contribution in [3.8, 4) is 0 Å². The lowest BCUT2D eigenvalue weighted by molar-refractivity contribution is -0.895. The van der Waals surface area contributed by atoms with Crippen LogP contribution >= 0.6 is 11.8 Å². The molecule has 3 N–H and O–H groups in total. The zero-order valence-electron chi connectivity index (χ0n) is 17.1. The number of amides is 2. The third-order valence-electron chi connectivity index (χ3n) is 4.57. The Morgan fingerprint density at radius 2 is 1.71 bits per heavy atom. The molecular formula is C22H30N3O2S+. The van der Waals surface area contributed by atoms with Gasteiger partial charge in [-0.2, -0.15) is 0 Å². The Hall–Kier alpha value is -2.31. The first kappa shape index (κ1) is 22.0. The molecule has 0 aliphatic carbocycles. The lowest BCUT2D eigenvalue weighted by Gasteiger charge is -2.16. The Kier molecular flexibility index (Phi) is 8.54. The SMILES string of the molecule is CC[NH+](CC)CCNC(=O)c1ccc(Sc2ccc(C)cc2)c(NC(C)=O)c1. The van der Waals surface area contributed by atoms with Gasteiger partial charge >= 0.3 is 0 Å². The van der Waals surface area contributed by atoms with Gasteiger partial charge in [0.1, 0.15) is 0 Å². The molecule has 0 aromatic heterocycles. The maximum Gasteiger partial charge on any atom is 0.251 e. The average molecular weight is 401 g/mol. The number of carbonyl (C=O) groups excluding carboxylic acids is 2. The van der Waals surface area contributed by atoms with Crippen LogP contribution in [0, 0.1) is 6.92 Å². The molecule has 0 aliphatic rings. The highest BCUT2D eigenvalue weighted by molar-refractivity contribution is 7.99. The van der Waals surface area contributed by atoms with Crippen LogP contribution in [0.2, 0.25) is 0 Å². The summed E-state index contributed by atoms with van der Waals surface area (Å²) in [6.07, 6.45) is 0. The minimum absolute atomic E-state index is 0.120. The summed E-state index contributed by atoms with van der Waals surface area (Å²) < 4.78 is 0. The highest BCUT2D eigenvalue weighted by Gasteiger charge is 2.12. The first-order valence-corrected chi connectivity index (χ1v) is 10.5. The molecule has 0 aliphatic heterocycles. The first-order valence-electron chi connectivity index (χ1n) is 9.70. The number of benzene rings is 2. The lowest BCUT2D eigenvalue weighted by Crippen LogP contribution is -3.12. The second kappa shape index (κ2) is 10.9. The standard InChI is InChI=1S/C22H29N3O2S/c1-5-25(6-2)14-13-23-22(27)18-9-12-21(20(15-18)24-17(4)26)28-19-10-7-16(3)8-11-19/h7-12,15H,5-6,13-14H2,1-4H3,(H,23,27)(H,24,26)/p+1. The summed E-state index contributed by atoms with van der Waals surface area (Å²) in [6, 6.07) is 13.7. The van der Waals surface area contributed by atoms with E-state index in [1.165, 1.54) is 17.4 Å². The van der Waals surface area contributed by atoms with Gasteiger partial charge in [-0.1, -0.05) is 29.5 Å². The van der Waals surface area contributed by atoms with Crippen LogP contribution in [-0.4, -0.2) is 38.0 Å². The van der Waals surface area contributed by atoms with E-state index in [-0.39, 0.29) is 11.8 Å². The van der Waals surface area contributed by atoms with Crippen LogP contribution < -0.4 is 15.5 Å². The van der Waals surface area contributed by atoms with Crippen molar-refractivity contribution in [1.82, 2.24) is 5.32 Å². The summed E-state index contributed by atoms with van der Waals surface area (Å²) in [5.74, 6) is -0.279. The molecule has 0 bridgehead atoms. The first-order chi connectivity index (χ1) is 13.4. The van der Waals surface area contributed by atoms with Crippen molar-refractivity contribution in [3.63, 3.8) is 0 Å². The van der Waals surface area contributed by atoms with Gasteiger partial charge in [0, 0.05) is 22.3 Å². The molecule has 0 heterocycles. The van der Waals surface area contributed by atoms with Gasteiger partial charge in [-0.25, -0.2) is 0 Å². The van der Waals surface area contributed by atoms with Gasteiger partial charge in [-0.3, -0.25) is 9.59 Å². The van der Waals surface area contributed by atoms with E-state index in [4.69, 9.17) is 0 Å². The van der Waals surface area contributed by atoms with Crippen LogP contribution in [0.5, 0.6) is 0 Å². The van der Waals surface area contributed by atoms with E-state index in [1.807, 2.05) is 25.1 Å². The second-order valence-corrected chi connectivity index (χ2v) is 7.89. The number of hydrogen-bond donors (Lipinski definition) is 3. The molecule has 6 heteroatoms. The van der Waals surface area contributed by atoms with Crippen molar-refractivity contribution in [2.45, 2.75) is 37.5 Å². The third kappa shape index (κ3) is 6.69. The predicted molar refractivity (Wildman–Crippen MR) is 115 cm³/mol. The molecule has 0 fully saturated rings. The van der Waals surface area contributed by atoms with E-state index in [0.29, 0.717) is 17.8 Å². The van der Waals surface area contributed by atoms with Gasteiger partial charge in [-0.05, 0) is 51.1 Å². The quantitative estimate of drug-likeness (QED) is 0.607. The zero-order valence-corrected chi connectivity index (χ0v) is 17.9. The van der Waals surface area contributed by atoms with E-state index < -0.39 is 0 Å². The van der Waals surface area contributed by atoms with E-state index in [9.17, 15) is 9.59 Å². The molecule has 28 heavy (non-hydrogen) atoms. The monoisotopic (exact) mass is 400 g/mol. The van der Waals surface area contributed by atoms with Crippen molar-refractivity contribution >= 4 is 29.3 Å². The van der Waals surface area contributed by atoms with Crippen LogP contribution in [0.4, 0.5) is 5.69 Å². The number of likely N-dealkylation sites (N-methyl/N-ethyl adjacent to an activating group) is 1. The fourth-order valence-electron chi connectivity index (χ4n) is 2.84. The maximum absolute atomic E-state index is 12.5. The van der Waals surface area contributed by atoms with Crippen molar-refractivity contribution in [3.05, 3.63) is 53.6 Å². The van der Waals surface area contributed by atoms with Crippen LogP contribution in [0.15, 0.2) is 52.3 Å². The molecule has 2 amide bonds. The van der Waals surface area contributed by atoms with Crippen molar-refractivity contribution in [2.75, 3.05) is 31.5 Å². The van der Waals surface area contributed by atoms with E-state index in [1.54, 1.807) is 23.9 Å². The smallest absolute Gasteiger partial charge is 0.251 e. The third-order valence-corrected chi connectivity index (χ3v) is 5.65. The van der Waals surface area contributed by atoms with Gasteiger partial charge in [-0.15, -0.1) is 0 Å². The van der Waals surface area contributed by atoms with Crippen LogP contribution in [0.25, 0.3) is 0 Å². The molecule has 0 atom stereocenters. The number of anilines is 1. The lowest BCUT2D eigenvalue weighted by atomic mass is 10.2. The van der Waals surface area contributed by atoms with Gasteiger partial charge in [0.2, 0.25) is 5.91 Å². The Bertz CT molecular complexity index is 802. The molecule has 2 aromatic carbocycles. The van der Waals surface area contributed by atoms with E-state index in [0.717, 1.165) is 29.4 Å². The summed E-state index contributed by atoms with van der Waals surface area (Å²) in [5, 5.41) is 5.82. The average Bonchev–Trinajstić information content (AvgIpc) is 2.67. The van der Waals surface area contributed by atoms with Crippen molar-refractivity contribution in [2.24, 2.45) is 0 Å². The van der Waals surface area contributed by atoms with E-state index in [2.05, 4.69) is 36.6 Å². The predicted octanol–water partition coefficient (Wildman–Crippen LogP) is 2.76. The van der Waals surface area contributed by atoms with Crippen LogP contribution in [0.3, 0.4) is 0 Å². The number of quaternary nitrogens is 1. The van der Waals surface area contributed by atoms with Gasteiger partial charge in [0.15, 0.2) is 0 Å². The number of rotatable bonds is 9. The van der Waals surface area contributed by atoms with Crippen LogP contribution in [0.1, 0.15) is 36.7 Å². The number of hydrogen-bond acceptors (Lipinski definition) is 3. The Labute approximate surface area is 171 Å². The van der Waals surface area contributed by atoms with Gasteiger partial charge < -0.3 is 15.5 Å². The molecule has 2 rings (SSSR count). The molecule has 0 saturated heterocycles. The largest absolute Gasteiger partial charge is 0.346 e. The maximum atomic E-state index is 12.5. The number of nitrogens with one attached hydrogen (secondary N) is 3. The van der Waals surface area contributed by atoms with Crippen molar-refractivity contribution < 1.29 is 14.5 Å². The summed E-state index contributed by atoms with van der Waals surface area (Å²) in [6.45, 7) is 11.4. The summed E-state index contributed by atoms with van der Waals surface area (Å²) >= 11 is 1.56. The molecule has 0 saturated carbocycles. The van der Waals surface area contributed by atoms with E-state index >= 15 is 0 Å². The highest BCUT2D eigenvalue weighted by atomic mass is 32.2. The normalized spacial score (nSPS) is 10.8. The Morgan fingerprint density at radius 1 is 1.04 bits per heavy atom. The number of aryl methyl sites for hydroxylation is 1. The minimum atomic E-state index is -0.159. The Balaban J connectivity index is 2.12. The molecule has 150 valence electrons. The van der Waals surface area contributed by atoms with Crippen LogP contribution in [-0.2, 0) is 4.79 Å². The summed E-state index contributed by atoms with van der Waals surface area (Å²) in [7, 11) is 0. The summed E-state index contributed by atoms with van der Waals surface area (Å²) in [4.78, 5) is 27.6. The van der Waals surface area contributed by atoms with Crippen molar-refractivity contribution in [1.29, 1.82) is 0 Å². The molecular weight excluding hydrogens is 370 g/mol. The Morgan fingerprint density at radius 3 is 2.32 bits per heavy atom. The molecule has 0 spiro atoms. The summed E-state index contributed by atoms with van der Waals surface area (Å²) in [5.41, 5.74) is 2.40. The zero-order chi connectivity index (χ0) is 20.5.